The largest absolute Gasteiger partial charge is 0.493 e. The fourth-order valence-electron chi connectivity index (χ4n) is 3.70. The fraction of sp³-hybridized carbons (Fsp3) is 0.111. The standard InChI is InChI=1S/C27H19BrCl2N4O4S/c1-36-22-14-15(13-21(30)23(22)38-11-10-37-17-8-6-16(28)7-9-17)12-19-24(31)34-27(32-25(19)35)39-26(33-34)18-4-2-3-5-20(18)29/h2-9,12-14,31H,10-11H2,1H3/b19-12-,31-24?. The van der Waals surface area contributed by atoms with E-state index in [9.17, 15) is 4.79 Å². The van der Waals surface area contributed by atoms with Gasteiger partial charge in [-0.05, 0) is 65.9 Å². The first-order valence-electron chi connectivity index (χ1n) is 11.5. The molecule has 0 saturated heterocycles. The molecule has 8 nitrogen and oxygen atoms in total. The van der Waals surface area contributed by atoms with Crippen LogP contribution in [0.25, 0.3) is 6.08 Å². The van der Waals surface area contributed by atoms with Crippen molar-refractivity contribution in [3.05, 3.63) is 91.9 Å². The SMILES string of the molecule is COc1cc(/C=C2/C(=N)N3N=C(c4ccccc4Cl)SC3=NC2=O)cc(Cl)c1OCCOc1ccc(Br)cc1. The van der Waals surface area contributed by atoms with Gasteiger partial charge >= 0.3 is 0 Å². The van der Waals surface area contributed by atoms with Gasteiger partial charge in [0.15, 0.2) is 17.3 Å². The number of rotatable bonds is 8. The Morgan fingerprint density at radius 3 is 2.54 bits per heavy atom. The third kappa shape index (κ3) is 5.99. The fourth-order valence-corrected chi connectivity index (χ4v) is 5.45. The van der Waals surface area contributed by atoms with Crippen LogP contribution in [-0.2, 0) is 4.79 Å². The van der Waals surface area contributed by atoms with Crippen LogP contribution in [0.4, 0.5) is 0 Å². The second-order valence-corrected chi connectivity index (χ2v) is 10.8. The van der Waals surface area contributed by atoms with E-state index in [2.05, 4.69) is 26.0 Å². The maximum absolute atomic E-state index is 12.9. The highest BCUT2D eigenvalue weighted by molar-refractivity contribution is 9.10. The Balaban J connectivity index is 1.33. The minimum atomic E-state index is -0.560. The zero-order valence-corrected chi connectivity index (χ0v) is 24.2. The Kier molecular flexibility index (Phi) is 8.27. The number of aliphatic imine (C=N–C) groups is 1. The van der Waals surface area contributed by atoms with Gasteiger partial charge in [0.25, 0.3) is 5.91 Å². The van der Waals surface area contributed by atoms with Gasteiger partial charge in [-0.3, -0.25) is 10.2 Å². The number of nitrogens with one attached hydrogen (secondary N) is 1. The minimum absolute atomic E-state index is 0.0539. The molecule has 0 radical (unpaired) electrons. The molecule has 0 atom stereocenters. The van der Waals surface area contributed by atoms with Crippen LogP contribution in [0.2, 0.25) is 10.0 Å². The predicted octanol–water partition coefficient (Wildman–Crippen LogP) is 6.89. The van der Waals surface area contributed by atoms with Gasteiger partial charge in [0, 0.05) is 10.0 Å². The second-order valence-electron chi connectivity index (χ2n) is 8.09. The van der Waals surface area contributed by atoms with E-state index in [4.69, 9.17) is 42.8 Å². The number of carbonyl (C=O) groups excluding carboxylic acids is 1. The predicted molar refractivity (Wildman–Crippen MR) is 159 cm³/mol. The first-order valence-corrected chi connectivity index (χ1v) is 13.8. The molecular weight excluding hydrogens is 627 g/mol. The molecule has 0 aromatic heterocycles. The Bertz CT molecular complexity index is 1560. The molecule has 1 amide bonds. The molecule has 12 heteroatoms. The van der Waals surface area contributed by atoms with Crippen LogP contribution in [0.15, 0.2) is 80.8 Å². The first-order chi connectivity index (χ1) is 18.8. The molecule has 198 valence electrons. The maximum Gasteiger partial charge on any atom is 0.283 e. The van der Waals surface area contributed by atoms with Gasteiger partial charge in [-0.1, -0.05) is 57.3 Å². The van der Waals surface area contributed by atoms with Crippen molar-refractivity contribution in [1.29, 1.82) is 5.41 Å². The number of thioether (sulfide) groups is 1. The van der Waals surface area contributed by atoms with Crippen molar-refractivity contribution < 1.29 is 19.0 Å². The summed E-state index contributed by atoms with van der Waals surface area (Å²) in [6.45, 7) is 0.523. The molecular formula is C27H19BrCl2N4O4S. The van der Waals surface area contributed by atoms with Gasteiger partial charge in [-0.25, -0.2) is 0 Å². The van der Waals surface area contributed by atoms with Crippen LogP contribution in [0, 0.1) is 5.41 Å². The number of methoxy groups -OCH3 is 1. The van der Waals surface area contributed by atoms with E-state index in [1.54, 1.807) is 18.2 Å². The van der Waals surface area contributed by atoms with Gasteiger partial charge in [-0.2, -0.15) is 15.1 Å². The molecule has 2 aliphatic rings. The minimum Gasteiger partial charge on any atom is -0.493 e. The molecule has 0 saturated carbocycles. The first kappa shape index (κ1) is 27.3. The van der Waals surface area contributed by atoms with Crippen LogP contribution in [-0.4, -0.2) is 47.3 Å². The van der Waals surface area contributed by atoms with Crippen molar-refractivity contribution in [2.24, 2.45) is 10.1 Å². The Hall–Kier alpha value is -3.31. The van der Waals surface area contributed by atoms with E-state index in [1.165, 1.54) is 30.0 Å². The van der Waals surface area contributed by atoms with Gasteiger partial charge in [0.1, 0.15) is 24.0 Å². The summed E-state index contributed by atoms with van der Waals surface area (Å²) >= 11 is 17.4. The summed E-state index contributed by atoms with van der Waals surface area (Å²) in [6.07, 6.45) is 1.52. The molecule has 3 aromatic carbocycles. The highest BCUT2D eigenvalue weighted by atomic mass is 79.9. The Morgan fingerprint density at radius 1 is 1.05 bits per heavy atom. The second kappa shape index (κ2) is 11.8. The molecule has 1 N–H and O–H groups in total. The summed E-state index contributed by atoms with van der Waals surface area (Å²) in [6, 6.07) is 18.0. The van der Waals surface area contributed by atoms with E-state index in [1.807, 2.05) is 42.5 Å². The van der Waals surface area contributed by atoms with E-state index in [0.717, 1.165) is 4.47 Å². The number of hydrazone groups is 1. The maximum atomic E-state index is 12.9. The lowest BCUT2D eigenvalue weighted by Crippen LogP contribution is -2.35. The summed E-state index contributed by atoms with van der Waals surface area (Å²) in [5.41, 5.74) is 1.28. The van der Waals surface area contributed by atoms with Gasteiger partial charge in [-0.15, -0.1) is 0 Å². The average Bonchev–Trinajstić information content (AvgIpc) is 3.34. The number of carbonyl (C=O) groups is 1. The molecule has 39 heavy (non-hydrogen) atoms. The van der Waals surface area contributed by atoms with E-state index < -0.39 is 5.91 Å². The van der Waals surface area contributed by atoms with E-state index >= 15 is 0 Å². The van der Waals surface area contributed by atoms with Crippen molar-refractivity contribution in [2.75, 3.05) is 20.3 Å². The Morgan fingerprint density at radius 2 is 1.79 bits per heavy atom. The van der Waals surface area contributed by atoms with Crippen LogP contribution < -0.4 is 14.2 Å². The molecule has 2 aliphatic heterocycles. The smallest absolute Gasteiger partial charge is 0.283 e. The summed E-state index contributed by atoms with van der Waals surface area (Å²) in [5.74, 6) is 0.755. The number of fused-ring (bicyclic) bond motifs is 1. The van der Waals surface area contributed by atoms with E-state index in [-0.39, 0.29) is 23.0 Å². The molecule has 2 heterocycles. The Labute approximate surface area is 246 Å². The van der Waals surface area contributed by atoms with Gasteiger partial charge in [0.2, 0.25) is 5.17 Å². The van der Waals surface area contributed by atoms with Crippen molar-refractivity contribution in [3.63, 3.8) is 0 Å². The number of halogens is 3. The molecule has 3 aromatic rings. The van der Waals surface area contributed by atoms with Crippen LogP contribution in [0.3, 0.4) is 0 Å². The quantitative estimate of drug-likeness (QED) is 0.212. The number of nitrogens with zero attached hydrogens (tertiary/aromatic N) is 3. The summed E-state index contributed by atoms with van der Waals surface area (Å²) in [7, 11) is 1.49. The topological polar surface area (TPSA) is 96.6 Å². The van der Waals surface area contributed by atoms with E-state index in [0.29, 0.717) is 50.2 Å². The van der Waals surface area contributed by atoms with Gasteiger partial charge in [0.05, 0.1) is 22.7 Å². The van der Waals surface area contributed by atoms with Crippen LogP contribution >= 0.6 is 50.9 Å². The van der Waals surface area contributed by atoms with Crippen molar-refractivity contribution in [1.82, 2.24) is 5.01 Å². The van der Waals surface area contributed by atoms with Gasteiger partial charge < -0.3 is 14.2 Å². The number of hydrogen-bond donors (Lipinski definition) is 1. The summed E-state index contributed by atoms with van der Waals surface area (Å²) in [4.78, 5) is 17.0. The number of benzene rings is 3. The van der Waals surface area contributed by atoms with Crippen molar-refractivity contribution >= 4 is 78.9 Å². The highest BCUT2D eigenvalue weighted by Crippen LogP contribution is 2.38. The molecule has 0 fully saturated rings. The summed E-state index contributed by atoms with van der Waals surface area (Å²) in [5, 5.41) is 16.1. The third-order valence-corrected chi connectivity index (χ3v) is 7.61. The van der Waals surface area contributed by atoms with Crippen LogP contribution in [0.1, 0.15) is 11.1 Å². The monoisotopic (exact) mass is 644 g/mol. The lowest BCUT2D eigenvalue weighted by molar-refractivity contribution is -0.114. The lowest BCUT2D eigenvalue weighted by atomic mass is 10.1. The van der Waals surface area contributed by atoms with Crippen molar-refractivity contribution in [3.8, 4) is 17.2 Å². The molecule has 0 unspecified atom stereocenters. The average molecular weight is 646 g/mol. The number of amides is 1. The number of amidine groups is 2. The number of ether oxygens (including phenoxy) is 3. The molecule has 0 aliphatic carbocycles. The summed E-state index contributed by atoms with van der Waals surface area (Å²) < 4.78 is 18.0. The molecule has 0 bridgehead atoms. The normalized spacial score (nSPS) is 15.7. The lowest BCUT2D eigenvalue weighted by Gasteiger charge is -2.20. The third-order valence-electron chi connectivity index (χ3n) is 5.53. The highest BCUT2D eigenvalue weighted by Gasteiger charge is 2.36. The van der Waals surface area contributed by atoms with Crippen molar-refractivity contribution in [2.45, 2.75) is 0 Å². The molecule has 0 spiro atoms. The molecule has 5 rings (SSSR count). The zero-order chi connectivity index (χ0) is 27.5. The zero-order valence-electron chi connectivity index (χ0n) is 20.3. The van der Waals surface area contributed by atoms with Crippen LogP contribution in [0.5, 0.6) is 17.2 Å². The number of hydrogen-bond acceptors (Lipinski definition) is 7.